The minimum atomic E-state index is 0.0930. The second kappa shape index (κ2) is 8.30. The summed E-state index contributed by atoms with van der Waals surface area (Å²) in [6.07, 6.45) is 6.23. The maximum atomic E-state index is 13.0. The molecule has 0 bridgehead atoms. The molecule has 0 N–H and O–H groups in total. The van der Waals surface area contributed by atoms with Crippen molar-refractivity contribution in [2.75, 3.05) is 19.3 Å². The Kier molecular flexibility index (Phi) is 5.50. The molecule has 31 heavy (non-hydrogen) atoms. The quantitative estimate of drug-likeness (QED) is 0.434. The average molecular weight is 467 g/mol. The van der Waals surface area contributed by atoms with E-state index >= 15 is 0 Å². The van der Waals surface area contributed by atoms with Crippen LogP contribution in [0.5, 0.6) is 0 Å². The Labute approximate surface area is 193 Å². The molecule has 0 unspecified atom stereocenters. The predicted molar refractivity (Wildman–Crippen MR) is 135 cm³/mol. The summed E-state index contributed by atoms with van der Waals surface area (Å²) in [5.41, 5.74) is 1.31. The fourth-order valence-electron chi connectivity index (χ4n) is 3.91. The molecule has 0 amide bonds. The highest BCUT2D eigenvalue weighted by molar-refractivity contribution is 8.03. The standard InChI is InChI=1S/C24H24N3OS3/c1-4-27-22(30-19(24(27)28)11-12-20-25(2)13-14-29-20)15-21-26(3)18-10-9-16-7-5-6-8-17(16)23(18)31-21/h5-12,15H,4,13-14H2,1-3H3/q+1. The molecule has 1 saturated heterocycles. The second-order valence-electron chi connectivity index (χ2n) is 7.57. The highest BCUT2D eigenvalue weighted by Crippen LogP contribution is 2.29. The van der Waals surface area contributed by atoms with E-state index in [1.54, 1.807) is 22.7 Å². The molecule has 2 aromatic heterocycles. The number of benzene rings is 2. The fourth-order valence-corrected chi connectivity index (χ4v) is 7.31. The van der Waals surface area contributed by atoms with E-state index in [0.29, 0.717) is 6.54 Å². The van der Waals surface area contributed by atoms with Crippen LogP contribution in [0.3, 0.4) is 0 Å². The predicted octanol–water partition coefficient (Wildman–Crippen LogP) is 3.25. The third kappa shape index (κ3) is 3.64. The van der Waals surface area contributed by atoms with Gasteiger partial charge < -0.3 is 4.90 Å². The second-order valence-corrected chi connectivity index (χ2v) is 10.8. The summed E-state index contributed by atoms with van der Waals surface area (Å²) in [6.45, 7) is 3.76. The van der Waals surface area contributed by atoms with Crippen LogP contribution in [0.25, 0.3) is 33.1 Å². The topological polar surface area (TPSA) is 29.1 Å². The Hall–Kier alpha value is -2.35. The number of hydrogen-bond acceptors (Lipinski definition) is 5. The molecule has 0 aliphatic carbocycles. The molecule has 0 saturated carbocycles. The minimum absolute atomic E-state index is 0.0930. The van der Waals surface area contributed by atoms with Gasteiger partial charge in [0.15, 0.2) is 0 Å². The summed E-state index contributed by atoms with van der Waals surface area (Å²) in [5, 5.41) is 4.90. The van der Waals surface area contributed by atoms with Crippen LogP contribution >= 0.6 is 34.4 Å². The van der Waals surface area contributed by atoms with Crippen molar-refractivity contribution < 1.29 is 4.57 Å². The number of hydrogen-bond donors (Lipinski definition) is 0. The molecule has 0 atom stereocenters. The first-order valence-corrected chi connectivity index (χ1v) is 13.0. The van der Waals surface area contributed by atoms with Crippen LogP contribution in [0.4, 0.5) is 0 Å². The van der Waals surface area contributed by atoms with Crippen LogP contribution in [0.15, 0.2) is 52.3 Å². The van der Waals surface area contributed by atoms with E-state index < -0.39 is 0 Å². The normalized spacial score (nSPS) is 17.1. The average Bonchev–Trinajstić information content (AvgIpc) is 3.43. The first-order chi connectivity index (χ1) is 15.1. The Morgan fingerprint density at radius 3 is 2.74 bits per heavy atom. The van der Waals surface area contributed by atoms with E-state index in [1.165, 1.54) is 26.0 Å². The molecule has 0 radical (unpaired) electrons. The molecule has 1 aliphatic heterocycles. The zero-order valence-electron chi connectivity index (χ0n) is 17.8. The number of rotatable bonds is 3. The van der Waals surface area contributed by atoms with Gasteiger partial charge in [-0.2, -0.15) is 4.57 Å². The van der Waals surface area contributed by atoms with Crippen molar-refractivity contribution in [1.82, 2.24) is 9.47 Å². The van der Waals surface area contributed by atoms with Crippen molar-refractivity contribution >= 4 is 67.6 Å². The van der Waals surface area contributed by atoms with Gasteiger partial charge >= 0.3 is 0 Å². The molecule has 0 spiro atoms. The number of allylic oxidation sites excluding steroid dienone is 1. The number of aromatic nitrogens is 2. The van der Waals surface area contributed by atoms with Gasteiger partial charge in [-0.15, -0.1) is 23.1 Å². The Morgan fingerprint density at radius 2 is 1.97 bits per heavy atom. The van der Waals surface area contributed by atoms with Crippen molar-refractivity contribution in [3.8, 4) is 0 Å². The van der Waals surface area contributed by atoms with Gasteiger partial charge in [-0.3, -0.25) is 9.36 Å². The van der Waals surface area contributed by atoms with Crippen molar-refractivity contribution in [2.45, 2.75) is 13.5 Å². The van der Waals surface area contributed by atoms with Gasteiger partial charge in [0, 0.05) is 37.3 Å². The monoisotopic (exact) mass is 466 g/mol. The van der Waals surface area contributed by atoms with E-state index in [2.05, 4.69) is 72.1 Å². The smallest absolute Gasteiger partial charge is 0.269 e. The van der Waals surface area contributed by atoms with Crippen molar-refractivity contribution in [1.29, 1.82) is 0 Å². The van der Waals surface area contributed by atoms with Crippen molar-refractivity contribution in [2.24, 2.45) is 7.05 Å². The number of fused-ring (bicyclic) bond motifs is 3. The van der Waals surface area contributed by atoms with Gasteiger partial charge in [0.05, 0.1) is 15.6 Å². The van der Waals surface area contributed by atoms with Gasteiger partial charge in [0.2, 0.25) is 5.52 Å². The van der Waals surface area contributed by atoms with Gasteiger partial charge in [-0.25, -0.2) is 0 Å². The molecule has 158 valence electrons. The van der Waals surface area contributed by atoms with E-state index in [0.717, 1.165) is 26.5 Å². The zero-order valence-corrected chi connectivity index (χ0v) is 20.2. The lowest BCUT2D eigenvalue weighted by Crippen LogP contribution is -2.32. The lowest BCUT2D eigenvalue weighted by atomic mass is 10.1. The van der Waals surface area contributed by atoms with E-state index in [4.69, 9.17) is 0 Å². The molecule has 3 heterocycles. The summed E-state index contributed by atoms with van der Waals surface area (Å²) in [6, 6.07) is 12.9. The molecule has 4 nitrogen and oxygen atoms in total. The molecule has 2 aromatic carbocycles. The van der Waals surface area contributed by atoms with Gasteiger partial charge in [-0.1, -0.05) is 35.6 Å². The molecular weight excluding hydrogens is 442 g/mol. The largest absolute Gasteiger partial charge is 0.369 e. The third-order valence-electron chi connectivity index (χ3n) is 5.69. The summed E-state index contributed by atoms with van der Waals surface area (Å²) in [4.78, 5) is 15.2. The summed E-state index contributed by atoms with van der Waals surface area (Å²) in [7, 11) is 4.20. The van der Waals surface area contributed by atoms with Crippen molar-refractivity contribution in [3.63, 3.8) is 0 Å². The summed E-state index contributed by atoms with van der Waals surface area (Å²) < 4.78 is 7.17. The van der Waals surface area contributed by atoms with Gasteiger partial charge in [0.1, 0.15) is 16.4 Å². The SMILES string of the molecule is CCn1c(=Cc2sc3c4ccccc4ccc3[n+]2C)sc(=CC=C2SCCN2C)c1=O. The minimum Gasteiger partial charge on any atom is -0.369 e. The molecule has 4 aromatic rings. The van der Waals surface area contributed by atoms with Crippen LogP contribution < -0.4 is 19.3 Å². The number of nitrogens with zero attached hydrogens (tertiary/aromatic N) is 3. The van der Waals surface area contributed by atoms with Crippen LogP contribution in [0, 0.1) is 0 Å². The highest BCUT2D eigenvalue weighted by atomic mass is 32.2. The van der Waals surface area contributed by atoms with Gasteiger partial charge in [0.25, 0.3) is 10.6 Å². The number of thioether (sulfide) groups is 1. The van der Waals surface area contributed by atoms with Crippen LogP contribution in [-0.4, -0.2) is 28.8 Å². The van der Waals surface area contributed by atoms with E-state index in [1.807, 2.05) is 29.3 Å². The first-order valence-electron chi connectivity index (χ1n) is 10.3. The maximum Gasteiger partial charge on any atom is 0.269 e. The fraction of sp³-hybridized carbons (Fsp3) is 0.250. The number of aryl methyl sites for hydroxylation is 1. The van der Waals surface area contributed by atoms with Crippen LogP contribution in [0.2, 0.25) is 0 Å². The highest BCUT2D eigenvalue weighted by Gasteiger charge is 2.18. The third-order valence-corrected chi connectivity index (χ3v) is 9.13. The van der Waals surface area contributed by atoms with E-state index in [-0.39, 0.29) is 5.56 Å². The Morgan fingerprint density at radius 1 is 1.13 bits per heavy atom. The molecule has 1 aliphatic rings. The van der Waals surface area contributed by atoms with Crippen LogP contribution in [0.1, 0.15) is 11.9 Å². The lowest BCUT2D eigenvalue weighted by molar-refractivity contribution is -0.642. The summed E-state index contributed by atoms with van der Waals surface area (Å²) in [5.74, 6) is 1.11. The first kappa shape index (κ1) is 20.5. The Bertz CT molecular complexity index is 1510. The molecule has 5 rings (SSSR count). The maximum absolute atomic E-state index is 13.0. The van der Waals surface area contributed by atoms with Crippen molar-refractivity contribution in [3.05, 3.63) is 72.1 Å². The van der Waals surface area contributed by atoms with E-state index in [9.17, 15) is 4.79 Å². The number of thiazole rings is 2. The lowest BCUT2D eigenvalue weighted by Gasteiger charge is -2.09. The van der Waals surface area contributed by atoms with Crippen LogP contribution in [-0.2, 0) is 13.6 Å². The summed E-state index contributed by atoms with van der Waals surface area (Å²) >= 11 is 5.20. The molecular formula is C24H24N3OS3+. The zero-order chi connectivity index (χ0) is 21.5. The Balaban J connectivity index is 1.67. The molecule has 1 fully saturated rings. The van der Waals surface area contributed by atoms with Gasteiger partial charge in [-0.05, 0) is 30.5 Å². The molecule has 7 heteroatoms.